The molecule has 0 heterocycles. The average Bonchev–Trinajstić information content (AvgIpc) is 3.49. The van der Waals surface area contributed by atoms with Gasteiger partial charge in [0.05, 0.1) is 0 Å². The molecule has 0 N–H and O–H groups in total. The molecule has 0 saturated carbocycles. The monoisotopic (exact) mass is 702 g/mol. The Bertz CT molecular complexity index is 1470. The minimum absolute atomic E-state index is 0. The van der Waals surface area contributed by atoms with Crippen molar-refractivity contribution in [3.05, 3.63) is 130 Å². The van der Waals surface area contributed by atoms with Crippen molar-refractivity contribution in [2.45, 2.75) is 35.0 Å². The van der Waals surface area contributed by atoms with Gasteiger partial charge in [-0.15, -0.1) is 0 Å². The van der Waals surface area contributed by atoms with Crippen LogP contribution in [0.5, 0.6) is 0 Å². The van der Waals surface area contributed by atoms with Gasteiger partial charge < -0.3 is 24.8 Å². The van der Waals surface area contributed by atoms with Crippen LogP contribution in [0.3, 0.4) is 0 Å². The van der Waals surface area contributed by atoms with Gasteiger partial charge in [-0.05, 0) is 0 Å². The Balaban J connectivity index is 0.00000168. The van der Waals surface area contributed by atoms with Crippen molar-refractivity contribution >= 4 is 15.4 Å². The molecule has 4 aromatic rings. The number of halogens is 2. The van der Waals surface area contributed by atoms with E-state index in [2.05, 4.69) is 137 Å². The SMILES string of the molecule is C[C](C)=[Hf+2]([CH]1C=Cc2c(-c3cccc(C)c3)cccc21)[CH]1C=Cc2c(-c3cccc(C)c3)cccc21.[Cl-].[Cl-]. The number of hydrogen-bond acceptors (Lipinski definition) is 0. The summed E-state index contributed by atoms with van der Waals surface area (Å²) in [4.78, 5) is 0. The standard InChI is InChI=1S/2C16H13.C3H6.2ClH.Hf/c2*1-12-5-2-8-14(11-12)16-10-4-7-13-6-3-9-15(13)16;1-3-2;;;/h2*2-11H,1H3;1-2H3;2*1H;/q;;;;;+2/p-2. The Morgan fingerprint density at radius 3 is 1.39 bits per heavy atom. The summed E-state index contributed by atoms with van der Waals surface area (Å²) in [7, 11) is 0. The fraction of sp³-hybridized carbons (Fsp3) is 0.171. The number of fused-ring (bicyclic) bond motifs is 2. The Morgan fingerprint density at radius 2 is 1.00 bits per heavy atom. The largest absolute Gasteiger partial charge is 1.00 e. The summed E-state index contributed by atoms with van der Waals surface area (Å²) in [5.41, 5.74) is 14.0. The normalized spacial score (nSPS) is 16.1. The quantitative estimate of drug-likeness (QED) is 0.287. The second kappa shape index (κ2) is 11.8. The minimum Gasteiger partial charge on any atom is -1.00 e. The van der Waals surface area contributed by atoms with E-state index >= 15 is 0 Å². The molecule has 0 radical (unpaired) electrons. The van der Waals surface area contributed by atoms with Crippen LogP contribution in [0.1, 0.15) is 54.6 Å². The van der Waals surface area contributed by atoms with Crippen LogP contribution >= 0.6 is 0 Å². The first-order valence-electron chi connectivity index (χ1n) is 12.9. The second-order valence-electron chi connectivity index (χ2n) is 10.5. The molecule has 38 heavy (non-hydrogen) atoms. The summed E-state index contributed by atoms with van der Waals surface area (Å²) in [6.07, 6.45) is 9.95. The van der Waals surface area contributed by atoms with Crippen LogP contribution in [0.4, 0.5) is 0 Å². The van der Waals surface area contributed by atoms with E-state index in [1.165, 1.54) is 44.5 Å². The van der Waals surface area contributed by atoms with Crippen LogP contribution in [-0.4, -0.2) is 3.26 Å². The molecule has 0 nitrogen and oxygen atoms in total. The number of hydrogen-bond donors (Lipinski definition) is 0. The maximum Gasteiger partial charge on any atom is -1.00 e. The molecular weight excluding hydrogens is 670 g/mol. The molecule has 0 spiro atoms. The molecule has 0 bridgehead atoms. The summed E-state index contributed by atoms with van der Waals surface area (Å²) in [6, 6.07) is 31.8. The zero-order valence-electron chi connectivity index (χ0n) is 22.3. The van der Waals surface area contributed by atoms with Gasteiger partial charge in [-0.2, -0.15) is 0 Å². The van der Waals surface area contributed by atoms with Gasteiger partial charge in [-0.25, -0.2) is 0 Å². The van der Waals surface area contributed by atoms with E-state index in [0.717, 1.165) is 0 Å². The van der Waals surface area contributed by atoms with Crippen molar-refractivity contribution in [1.29, 1.82) is 0 Å². The Hall–Kier alpha value is -2.32. The number of allylic oxidation sites excluding steroid dienone is 2. The van der Waals surface area contributed by atoms with Crippen LogP contribution in [0.15, 0.2) is 97.1 Å². The third kappa shape index (κ3) is 5.14. The molecule has 0 amide bonds. The van der Waals surface area contributed by atoms with Crippen LogP contribution < -0.4 is 24.8 Å². The number of aryl methyl sites for hydroxylation is 2. The molecule has 0 saturated heterocycles. The third-order valence-electron chi connectivity index (χ3n) is 7.77. The van der Waals surface area contributed by atoms with Gasteiger partial charge in [0.2, 0.25) is 0 Å². The van der Waals surface area contributed by atoms with Gasteiger partial charge in [0.1, 0.15) is 0 Å². The van der Waals surface area contributed by atoms with Gasteiger partial charge in [0.15, 0.2) is 0 Å². The van der Waals surface area contributed by atoms with Gasteiger partial charge >= 0.3 is 224 Å². The van der Waals surface area contributed by atoms with Crippen LogP contribution in [0.2, 0.25) is 0 Å². The van der Waals surface area contributed by atoms with Crippen LogP contribution in [-0.2, 0) is 21.0 Å². The van der Waals surface area contributed by atoms with Crippen molar-refractivity contribution in [3.8, 4) is 22.3 Å². The fourth-order valence-electron chi connectivity index (χ4n) is 6.16. The van der Waals surface area contributed by atoms with E-state index in [1.54, 1.807) is 14.4 Å². The van der Waals surface area contributed by atoms with Crippen LogP contribution in [0, 0.1) is 13.8 Å². The van der Waals surface area contributed by atoms with E-state index in [-0.39, 0.29) is 24.8 Å². The molecule has 2 atom stereocenters. The summed E-state index contributed by atoms with van der Waals surface area (Å²) >= 11 is -2.36. The molecule has 0 fully saturated rings. The zero-order valence-corrected chi connectivity index (χ0v) is 27.4. The minimum atomic E-state index is -2.36. The van der Waals surface area contributed by atoms with Gasteiger partial charge in [-0.3, -0.25) is 0 Å². The van der Waals surface area contributed by atoms with Crippen molar-refractivity contribution in [2.24, 2.45) is 0 Å². The zero-order chi connectivity index (χ0) is 24.8. The molecule has 3 heteroatoms. The van der Waals surface area contributed by atoms with Crippen molar-refractivity contribution in [2.75, 3.05) is 0 Å². The first kappa shape index (κ1) is 28.7. The fourth-order valence-corrected chi connectivity index (χ4v) is 18.4. The van der Waals surface area contributed by atoms with Gasteiger partial charge in [-0.1, -0.05) is 0 Å². The average molecular weight is 702 g/mol. The van der Waals surface area contributed by atoms with E-state index in [1.807, 2.05) is 0 Å². The van der Waals surface area contributed by atoms with Crippen molar-refractivity contribution in [3.63, 3.8) is 0 Å². The van der Waals surface area contributed by atoms with E-state index in [9.17, 15) is 0 Å². The first-order valence-corrected chi connectivity index (χ1v) is 18.9. The topological polar surface area (TPSA) is 0 Å². The molecule has 2 unspecified atom stereocenters. The smallest absolute Gasteiger partial charge is 1.00 e. The van der Waals surface area contributed by atoms with Crippen molar-refractivity contribution < 1.29 is 45.8 Å². The molecule has 4 aromatic carbocycles. The summed E-state index contributed by atoms with van der Waals surface area (Å²) in [5, 5.41) is 0. The third-order valence-corrected chi connectivity index (χ3v) is 20.3. The Kier molecular flexibility index (Phi) is 8.92. The maximum atomic E-state index is 2.55. The Morgan fingerprint density at radius 1 is 0.579 bits per heavy atom. The Labute approximate surface area is 247 Å². The molecule has 2 aliphatic carbocycles. The summed E-state index contributed by atoms with van der Waals surface area (Å²) in [5.74, 6) is 0. The van der Waals surface area contributed by atoms with Crippen LogP contribution in [0.25, 0.3) is 34.4 Å². The predicted octanol–water partition coefficient (Wildman–Crippen LogP) is 3.31. The molecule has 190 valence electrons. The molecule has 0 aliphatic heterocycles. The predicted molar refractivity (Wildman–Crippen MR) is 153 cm³/mol. The van der Waals surface area contributed by atoms with E-state index in [0.29, 0.717) is 7.35 Å². The molecule has 0 aromatic heterocycles. The molecular formula is C35H32Cl2Hf. The van der Waals surface area contributed by atoms with E-state index in [4.69, 9.17) is 0 Å². The summed E-state index contributed by atoms with van der Waals surface area (Å²) in [6.45, 7) is 9.19. The summed E-state index contributed by atoms with van der Waals surface area (Å²) < 4.78 is 2.87. The van der Waals surface area contributed by atoms with E-state index < -0.39 is 21.0 Å². The molecule has 2 aliphatic rings. The maximum absolute atomic E-state index is 2.55. The first-order chi connectivity index (χ1) is 17.5. The molecule has 6 rings (SSSR count). The number of benzene rings is 4. The second-order valence-corrected chi connectivity index (χ2v) is 21.8. The number of rotatable bonds is 4. The van der Waals surface area contributed by atoms with Crippen molar-refractivity contribution in [1.82, 2.24) is 0 Å². The van der Waals surface area contributed by atoms with Gasteiger partial charge in [0.25, 0.3) is 0 Å². The van der Waals surface area contributed by atoms with Gasteiger partial charge in [0, 0.05) is 0 Å².